The van der Waals surface area contributed by atoms with Crippen molar-refractivity contribution in [2.75, 3.05) is 0 Å². The quantitative estimate of drug-likeness (QED) is 0.188. The van der Waals surface area contributed by atoms with Crippen molar-refractivity contribution in [1.29, 1.82) is 0 Å². The fraction of sp³-hybridized carbons (Fsp3) is 0.182. The fourth-order valence-corrected chi connectivity index (χ4v) is 12.0. The van der Waals surface area contributed by atoms with Crippen molar-refractivity contribution in [3.05, 3.63) is 118 Å². The van der Waals surface area contributed by atoms with Gasteiger partial charge in [0.25, 0.3) is 0 Å². The number of H-pyrrole nitrogens is 2. The fourth-order valence-electron chi connectivity index (χ4n) is 7.29. The normalized spacial score (nSPS) is 12.4. The highest BCUT2D eigenvalue weighted by Gasteiger charge is 2.12. The van der Waals surface area contributed by atoms with Crippen LogP contribution in [0.1, 0.15) is 72.7 Å². The van der Waals surface area contributed by atoms with E-state index in [1.807, 2.05) is 45.3 Å². The third-order valence-electron chi connectivity index (χ3n) is 9.99. The van der Waals surface area contributed by atoms with Crippen molar-refractivity contribution in [2.45, 2.75) is 53.4 Å². The standard InChI is InChI=1S/C44H38N4S4/c1-5-25-29-9-13-33(45-29)34-14-10-30(46-34)26(6-2)39-19-23-43(51-39)44-24-20-40(52-44)28(8-4)32-12-16-36(48-32)35-15-11-31(47-35)27(7-3)38-18-22-42(50-38)41-21-17-37(25)49-41/h9-24,45,48H,5-8H2,1-4H3. The number of hydrogen-bond acceptors (Lipinski definition) is 6. The van der Waals surface area contributed by atoms with Gasteiger partial charge in [0.2, 0.25) is 0 Å². The molecule has 8 heteroatoms. The maximum Gasteiger partial charge on any atom is 0.0872 e. The van der Waals surface area contributed by atoms with Crippen molar-refractivity contribution in [3.63, 3.8) is 0 Å². The Balaban J connectivity index is 1.33. The van der Waals surface area contributed by atoms with E-state index in [9.17, 15) is 0 Å². The van der Waals surface area contributed by atoms with Gasteiger partial charge in [-0.3, -0.25) is 0 Å². The summed E-state index contributed by atoms with van der Waals surface area (Å²) in [5, 5.41) is 0. The van der Waals surface area contributed by atoms with Gasteiger partial charge in [-0.1, -0.05) is 27.7 Å². The molecule has 4 nitrogen and oxygen atoms in total. The number of aryl methyl sites for hydroxylation is 4. The van der Waals surface area contributed by atoms with Gasteiger partial charge in [0.05, 0.1) is 33.8 Å². The highest BCUT2D eigenvalue weighted by atomic mass is 32.1. The van der Waals surface area contributed by atoms with Gasteiger partial charge in [0.15, 0.2) is 0 Å². The van der Waals surface area contributed by atoms with E-state index < -0.39 is 0 Å². The molecule has 9 heterocycles. The summed E-state index contributed by atoms with van der Waals surface area (Å²) in [5.41, 5.74) is 13.7. The molecule has 0 saturated heterocycles. The highest BCUT2D eigenvalue weighted by Crippen LogP contribution is 2.36. The van der Waals surface area contributed by atoms with Crippen molar-refractivity contribution < 1.29 is 0 Å². The monoisotopic (exact) mass is 750 g/mol. The molecule has 0 unspecified atom stereocenters. The minimum absolute atomic E-state index is 0.919. The van der Waals surface area contributed by atoms with Crippen LogP contribution in [0.25, 0.3) is 84.0 Å². The minimum atomic E-state index is 0.919. The van der Waals surface area contributed by atoms with Gasteiger partial charge in [-0.05, 0) is 145 Å². The number of aromatic nitrogens is 4. The number of aromatic amines is 2. The average Bonchev–Trinajstić information content (AvgIpc) is 3.99. The molecule has 9 rings (SSSR count). The van der Waals surface area contributed by atoms with E-state index >= 15 is 0 Å². The second-order valence-corrected chi connectivity index (χ2v) is 17.3. The molecule has 0 atom stereocenters. The molecular weight excluding hydrogens is 713 g/mol. The number of thiophene rings is 4. The molecule has 0 aromatic carbocycles. The maximum absolute atomic E-state index is 5.16. The number of rotatable bonds is 4. The Hall–Kier alpha value is -4.60. The van der Waals surface area contributed by atoms with Crippen LogP contribution in [-0.4, -0.2) is 19.9 Å². The first-order chi connectivity index (χ1) is 25.5. The second-order valence-electron chi connectivity index (χ2n) is 13.0. The van der Waals surface area contributed by atoms with Gasteiger partial charge < -0.3 is 9.97 Å². The Morgan fingerprint density at radius 3 is 0.981 bits per heavy atom. The van der Waals surface area contributed by atoms with Crippen molar-refractivity contribution in [2.24, 2.45) is 0 Å². The van der Waals surface area contributed by atoms with E-state index in [2.05, 4.69) is 135 Å². The summed E-state index contributed by atoms with van der Waals surface area (Å²) in [6, 6.07) is 27.0. The molecule has 0 radical (unpaired) electrons. The SMILES string of the molecule is CCc1c2nc(c3ccc([nH]3)c(CC)c3ccc(s3)c3ccc(s3)c(CC)c3nc(c4ccc([nH]4)c(CC)c4ccc(s4)c4ccc1s4)C=C3)C=C2. The molecule has 0 aliphatic carbocycles. The third kappa shape index (κ3) is 5.88. The molecule has 2 N–H and O–H groups in total. The topological polar surface area (TPSA) is 57.4 Å². The first-order valence-corrected chi connectivity index (χ1v) is 21.3. The number of nitrogens with one attached hydrogen (secondary N) is 2. The second kappa shape index (κ2) is 13.7. The van der Waals surface area contributed by atoms with E-state index in [1.54, 1.807) is 0 Å². The Bertz CT molecular complexity index is 2720. The van der Waals surface area contributed by atoms with E-state index in [4.69, 9.17) is 9.97 Å². The largest absolute Gasteiger partial charge is 0.353 e. The van der Waals surface area contributed by atoms with Crippen molar-refractivity contribution in [3.8, 4) is 0 Å². The van der Waals surface area contributed by atoms with Gasteiger partial charge in [-0.2, -0.15) is 0 Å². The molecule has 0 saturated carbocycles. The van der Waals surface area contributed by atoms with Gasteiger partial charge in [-0.15, -0.1) is 45.3 Å². The van der Waals surface area contributed by atoms with Crippen LogP contribution >= 0.6 is 45.3 Å². The summed E-state index contributed by atoms with van der Waals surface area (Å²) in [6.07, 6.45) is 12.4. The summed E-state index contributed by atoms with van der Waals surface area (Å²) >= 11 is 7.47. The molecule has 7 aromatic rings. The Morgan fingerprint density at radius 2 is 0.635 bits per heavy atom. The molecule has 0 fully saturated rings. The minimum Gasteiger partial charge on any atom is -0.353 e. The summed E-state index contributed by atoms with van der Waals surface area (Å²) in [7, 11) is 0. The van der Waals surface area contributed by atoms with E-state index in [0.717, 1.165) is 70.5 Å². The van der Waals surface area contributed by atoms with E-state index in [-0.39, 0.29) is 0 Å². The number of hydrogen-bond donors (Lipinski definition) is 2. The van der Waals surface area contributed by atoms with E-state index in [0.29, 0.717) is 0 Å². The lowest BCUT2D eigenvalue weighted by molar-refractivity contribution is 1.13. The summed E-state index contributed by atoms with van der Waals surface area (Å²) in [4.78, 5) is 17.8. The Kier molecular flexibility index (Phi) is 8.79. The molecule has 2 aliphatic rings. The molecule has 52 heavy (non-hydrogen) atoms. The third-order valence-corrected chi connectivity index (χ3v) is 15.0. The zero-order valence-electron chi connectivity index (χ0n) is 29.6. The molecular formula is C44H38N4S4. The molecule has 0 amide bonds. The number of fused-ring (bicyclic) bond motifs is 20. The molecule has 258 valence electrons. The van der Waals surface area contributed by atoms with Gasteiger partial charge in [0.1, 0.15) is 0 Å². The Labute approximate surface area is 318 Å². The number of nitrogens with zero attached hydrogens (tertiary/aromatic N) is 2. The van der Waals surface area contributed by atoms with Crippen LogP contribution in [0.3, 0.4) is 0 Å². The van der Waals surface area contributed by atoms with Gasteiger partial charge in [0, 0.05) is 48.6 Å². The first-order valence-electron chi connectivity index (χ1n) is 18.1. The van der Waals surface area contributed by atoms with Crippen LogP contribution in [0.2, 0.25) is 0 Å². The summed E-state index contributed by atoms with van der Waals surface area (Å²) in [5.74, 6) is 0. The summed E-state index contributed by atoms with van der Waals surface area (Å²) in [6.45, 7) is 8.95. The average molecular weight is 751 g/mol. The van der Waals surface area contributed by atoms with Crippen LogP contribution < -0.4 is 0 Å². The molecule has 2 aliphatic heterocycles. The van der Waals surface area contributed by atoms with Gasteiger partial charge in [-0.25, -0.2) is 9.97 Å². The molecule has 0 spiro atoms. The summed E-state index contributed by atoms with van der Waals surface area (Å²) < 4.78 is 10.3. The zero-order chi connectivity index (χ0) is 35.3. The van der Waals surface area contributed by atoms with Gasteiger partial charge >= 0.3 is 0 Å². The van der Waals surface area contributed by atoms with Crippen LogP contribution in [0, 0.1) is 0 Å². The molecule has 16 bridgehead atoms. The van der Waals surface area contributed by atoms with Crippen LogP contribution in [0.4, 0.5) is 0 Å². The lowest BCUT2D eigenvalue weighted by Gasteiger charge is -1.97. The smallest absolute Gasteiger partial charge is 0.0872 e. The highest BCUT2D eigenvalue weighted by molar-refractivity contribution is 7.31. The maximum atomic E-state index is 5.16. The van der Waals surface area contributed by atoms with Crippen LogP contribution in [0.15, 0.2) is 72.8 Å². The lowest BCUT2D eigenvalue weighted by Crippen LogP contribution is -1.85. The first kappa shape index (κ1) is 33.3. The molecule has 7 aromatic heterocycles. The Morgan fingerprint density at radius 1 is 0.346 bits per heavy atom. The van der Waals surface area contributed by atoms with Crippen molar-refractivity contribution in [1.82, 2.24) is 19.9 Å². The predicted molar refractivity (Wildman–Crippen MR) is 233 cm³/mol. The lowest BCUT2D eigenvalue weighted by atomic mass is 10.1. The predicted octanol–water partition coefficient (Wildman–Crippen LogP) is 14.0. The van der Waals surface area contributed by atoms with Crippen molar-refractivity contribution >= 4 is 129 Å². The van der Waals surface area contributed by atoms with Crippen LogP contribution in [-0.2, 0) is 25.7 Å². The van der Waals surface area contributed by atoms with E-state index in [1.165, 1.54) is 59.9 Å². The van der Waals surface area contributed by atoms with Crippen LogP contribution in [0.5, 0.6) is 0 Å². The zero-order valence-corrected chi connectivity index (χ0v) is 32.9.